The predicted octanol–water partition coefficient (Wildman–Crippen LogP) is 2.30. The van der Waals surface area contributed by atoms with Gasteiger partial charge in [0.15, 0.2) is 0 Å². The van der Waals surface area contributed by atoms with Crippen LogP contribution in [0.2, 0.25) is 0 Å². The lowest BCUT2D eigenvalue weighted by Crippen LogP contribution is -2.31. The van der Waals surface area contributed by atoms with Crippen molar-refractivity contribution in [2.24, 2.45) is 0 Å². The second-order valence-corrected chi connectivity index (χ2v) is 4.65. The topological polar surface area (TPSA) is 107 Å². The molecule has 4 N–H and O–H groups in total. The molecule has 0 spiro atoms. The van der Waals surface area contributed by atoms with Crippen molar-refractivity contribution in [2.75, 3.05) is 5.32 Å². The molecule has 1 atom stereocenters. The number of hydrogen-bond donors (Lipinski definition) is 4. The SMILES string of the molecule is Cc1cccc(NC(=O)NC(C)c2cn[nH]c2)c1C(=O)O. The first-order valence-corrected chi connectivity index (χ1v) is 6.38. The molecule has 0 bridgehead atoms. The van der Waals surface area contributed by atoms with Crippen molar-refractivity contribution in [1.82, 2.24) is 15.5 Å². The van der Waals surface area contributed by atoms with Gasteiger partial charge in [-0.05, 0) is 25.5 Å². The van der Waals surface area contributed by atoms with E-state index in [9.17, 15) is 14.7 Å². The lowest BCUT2D eigenvalue weighted by Gasteiger charge is -2.15. The van der Waals surface area contributed by atoms with Crippen molar-refractivity contribution < 1.29 is 14.7 Å². The summed E-state index contributed by atoms with van der Waals surface area (Å²) >= 11 is 0. The molecular formula is C14H16N4O3. The van der Waals surface area contributed by atoms with E-state index in [2.05, 4.69) is 20.8 Å². The third-order valence-corrected chi connectivity index (χ3v) is 3.10. The minimum Gasteiger partial charge on any atom is -0.478 e. The van der Waals surface area contributed by atoms with Crippen LogP contribution in [0.25, 0.3) is 0 Å². The van der Waals surface area contributed by atoms with Gasteiger partial charge in [0, 0.05) is 11.8 Å². The number of aromatic amines is 1. The highest BCUT2D eigenvalue weighted by molar-refractivity contribution is 6.01. The maximum atomic E-state index is 12.0. The van der Waals surface area contributed by atoms with E-state index in [0.29, 0.717) is 5.56 Å². The highest BCUT2D eigenvalue weighted by Gasteiger charge is 2.16. The van der Waals surface area contributed by atoms with E-state index in [1.54, 1.807) is 44.4 Å². The Morgan fingerprint density at radius 1 is 1.38 bits per heavy atom. The Labute approximate surface area is 121 Å². The van der Waals surface area contributed by atoms with E-state index in [4.69, 9.17) is 0 Å². The van der Waals surface area contributed by atoms with Gasteiger partial charge in [-0.25, -0.2) is 9.59 Å². The molecule has 1 aromatic heterocycles. The Morgan fingerprint density at radius 2 is 2.14 bits per heavy atom. The van der Waals surface area contributed by atoms with E-state index < -0.39 is 12.0 Å². The fourth-order valence-electron chi connectivity index (χ4n) is 1.99. The van der Waals surface area contributed by atoms with Crippen LogP contribution >= 0.6 is 0 Å². The third-order valence-electron chi connectivity index (χ3n) is 3.10. The van der Waals surface area contributed by atoms with Gasteiger partial charge >= 0.3 is 12.0 Å². The number of carboxylic acid groups (broad SMARTS) is 1. The predicted molar refractivity (Wildman–Crippen MR) is 77.3 cm³/mol. The molecule has 0 aliphatic rings. The zero-order valence-corrected chi connectivity index (χ0v) is 11.7. The van der Waals surface area contributed by atoms with Crippen LogP contribution in [0, 0.1) is 6.92 Å². The average molecular weight is 288 g/mol. The highest BCUT2D eigenvalue weighted by Crippen LogP contribution is 2.19. The number of urea groups is 1. The number of anilines is 1. The monoisotopic (exact) mass is 288 g/mol. The van der Waals surface area contributed by atoms with E-state index >= 15 is 0 Å². The maximum absolute atomic E-state index is 12.0. The lowest BCUT2D eigenvalue weighted by molar-refractivity contribution is 0.0697. The number of aryl methyl sites for hydroxylation is 1. The van der Waals surface area contributed by atoms with Gasteiger partial charge in [0.25, 0.3) is 0 Å². The van der Waals surface area contributed by atoms with Gasteiger partial charge in [-0.1, -0.05) is 12.1 Å². The first-order valence-electron chi connectivity index (χ1n) is 6.38. The summed E-state index contributed by atoms with van der Waals surface area (Å²) in [6.07, 6.45) is 3.29. The summed E-state index contributed by atoms with van der Waals surface area (Å²) < 4.78 is 0. The Balaban J connectivity index is 2.10. The number of nitrogens with zero attached hydrogens (tertiary/aromatic N) is 1. The zero-order chi connectivity index (χ0) is 15.4. The molecule has 2 amide bonds. The van der Waals surface area contributed by atoms with E-state index in [0.717, 1.165) is 5.56 Å². The van der Waals surface area contributed by atoms with E-state index in [1.165, 1.54) is 0 Å². The average Bonchev–Trinajstić information content (AvgIpc) is 2.91. The molecule has 0 aliphatic carbocycles. The summed E-state index contributed by atoms with van der Waals surface area (Å²) in [6.45, 7) is 3.49. The molecule has 2 aromatic rings. The lowest BCUT2D eigenvalue weighted by atomic mass is 10.1. The third kappa shape index (κ3) is 3.38. The molecule has 110 valence electrons. The molecule has 21 heavy (non-hydrogen) atoms. The van der Waals surface area contributed by atoms with Gasteiger partial charge in [-0.15, -0.1) is 0 Å². The normalized spacial score (nSPS) is 11.7. The van der Waals surface area contributed by atoms with Crippen molar-refractivity contribution in [3.05, 3.63) is 47.3 Å². The van der Waals surface area contributed by atoms with Gasteiger partial charge in [-0.3, -0.25) is 5.10 Å². The molecule has 0 saturated carbocycles. The number of H-pyrrole nitrogens is 1. The second-order valence-electron chi connectivity index (χ2n) is 4.65. The van der Waals surface area contributed by atoms with Crippen molar-refractivity contribution in [3.8, 4) is 0 Å². The minimum atomic E-state index is -1.08. The van der Waals surface area contributed by atoms with Gasteiger partial charge in [0.2, 0.25) is 0 Å². The number of aromatic carboxylic acids is 1. The molecule has 1 aromatic carbocycles. The number of aromatic nitrogens is 2. The van der Waals surface area contributed by atoms with Crippen molar-refractivity contribution in [3.63, 3.8) is 0 Å². The largest absolute Gasteiger partial charge is 0.478 e. The standard InChI is InChI=1S/C14H16N4O3/c1-8-4-3-5-11(12(8)13(19)20)18-14(21)17-9(2)10-6-15-16-7-10/h3-7,9H,1-2H3,(H,15,16)(H,19,20)(H2,17,18,21). The molecular weight excluding hydrogens is 272 g/mol. The molecule has 0 fully saturated rings. The first kappa shape index (κ1) is 14.6. The zero-order valence-electron chi connectivity index (χ0n) is 11.7. The molecule has 2 rings (SSSR count). The second kappa shape index (κ2) is 6.08. The van der Waals surface area contributed by atoms with Crippen LogP contribution in [-0.2, 0) is 0 Å². The van der Waals surface area contributed by atoms with E-state index in [-0.39, 0.29) is 17.3 Å². The number of amides is 2. The molecule has 7 heteroatoms. The Kier molecular flexibility index (Phi) is 4.22. The van der Waals surface area contributed by atoms with Crippen LogP contribution in [0.15, 0.2) is 30.6 Å². The fraction of sp³-hybridized carbons (Fsp3) is 0.214. The molecule has 0 saturated heterocycles. The number of carbonyl (C=O) groups is 2. The summed E-state index contributed by atoms with van der Waals surface area (Å²) in [5, 5.41) is 21.0. The highest BCUT2D eigenvalue weighted by atomic mass is 16.4. The van der Waals surface area contributed by atoms with E-state index in [1.807, 2.05) is 0 Å². The Morgan fingerprint density at radius 3 is 2.76 bits per heavy atom. The van der Waals surface area contributed by atoms with Crippen LogP contribution in [-0.4, -0.2) is 27.3 Å². The molecule has 0 radical (unpaired) electrons. The van der Waals surface area contributed by atoms with Gasteiger partial charge < -0.3 is 15.7 Å². The van der Waals surface area contributed by atoms with Crippen molar-refractivity contribution in [2.45, 2.75) is 19.9 Å². The molecule has 0 aliphatic heterocycles. The van der Waals surface area contributed by atoms with Gasteiger partial charge in [0.05, 0.1) is 23.5 Å². The number of carboxylic acids is 1. The molecule has 7 nitrogen and oxygen atoms in total. The summed E-state index contributed by atoms with van der Waals surface area (Å²) in [6, 6.07) is 4.20. The van der Waals surface area contributed by atoms with Crippen molar-refractivity contribution >= 4 is 17.7 Å². The molecule has 1 heterocycles. The first-order chi connectivity index (χ1) is 9.99. The Hall–Kier alpha value is -2.83. The van der Waals surface area contributed by atoms with Crippen LogP contribution in [0.1, 0.15) is 34.5 Å². The number of hydrogen-bond acceptors (Lipinski definition) is 3. The number of nitrogens with one attached hydrogen (secondary N) is 3. The van der Waals surface area contributed by atoms with Crippen LogP contribution in [0.3, 0.4) is 0 Å². The van der Waals surface area contributed by atoms with Crippen LogP contribution in [0.5, 0.6) is 0 Å². The fourth-order valence-corrected chi connectivity index (χ4v) is 1.99. The summed E-state index contributed by atoms with van der Waals surface area (Å²) in [5.41, 5.74) is 1.76. The van der Waals surface area contributed by atoms with Gasteiger partial charge in [-0.2, -0.15) is 5.10 Å². The number of benzene rings is 1. The quantitative estimate of drug-likeness (QED) is 0.692. The van der Waals surface area contributed by atoms with Crippen LogP contribution in [0.4, 0.5) is 10.5 Å². The van der Waals surface area contributed by atoms with Crippen molar-refractivity contribution in [1.29, 1.82) is 0 Å². The maximum Gasteiger partial charge on any atom is 0.338 e. The number of carbonyl (C=O) groups excluding carboxylic acids is 1. The van der Waals surface area contributed by atoms with Crippen LogP contribution < -0.4 is 10.6 Å². The summed E-state index contributed by atoms with van der Waals surface area (Å²) in [4.78, 5) is 23.2. The number of rotatable bonds is 4. The minimum absolute atomic E-state index is 0.0867. The summed E-state index contributed by atoms with van der Waals surface area (Å²) in [5.74, 6) is -1.08. The molecule has 1 unspecified atom stereocenters. The Bertz CT molecular complexity index is 652. The van der Waals surface area contributed by atoms with Gasteiger partial charge in [0.1, 0.15) is 0 Å². The smallest absolute Gasteiger partial charge is 0.338 e. The summed E-state index contributed by atoms with van der Waals surface area (Å²) in [7, 11) is 0.